The second kappa shape index (κ2) is 7.79. The van der Waals surface area contributed by atoms with Gasteiger partial charge in [0.25, 0.3) is 0 Å². The molecule has 112 valence electrons. The van der Waals surface area contributed by atoms with Crippen molar-refractivity contribution in [2.45, 2.75) is 33.4 Å². The van der Waals surface area contributed by atoms with Crippen LogP contribution < -0.4 is 15.5 Å². The summed E-state index contributed by atoms with van der Waals surface area (Å²) in [6.07, 6.45) is 3.64. The van der Waals surface area contributed by atoms with Crippen molar-refractivity contribution < 1.29 is 4.79 Å². The Hall–Kier alpha value is -1.69. The fourth-order valence-corrected chi connectivity index (χ4v) is 1.78. The van der Waals surface area contributed by atoms with E-state index in [-0.39, 0.29) is 11.8 Å². The Balaban J connectivity index is 2.57. The molecule has 1 atom stereocenters. The molecule has 0 aliphatic carbocycles. The van der Waals surface area contributed by atoms with E-state index in [0.29, 0.717) is 18.5 Å². The Labute approximate surface area is 121 Å². The summed E-state index contributed by atoms with van der Waals surface area (Å²) in [4.78, 5) is 22.1. The largest absolute Gasteiger partial charge is 0.359 e. The molecule has 0 spiro atoms. The van der Waals surface area contributed by atoms with Gasteiger partial charge in [-0.3, -0.25) is 4.79 Å². The van der Waals surface area contributed by atoms with Crippen molar-refractivity contribution in [3.05, 3.63) is 18.0 Å². The molecule has 0 saturated carbocycles. The fraction of sp³-hybridized carbons (Fsp3) is 0.643. The molecule has 0 aromatic carbocycles. The number of hydrogen-bond donors (Lipinski definition) is 2. The monoisotopic (exact) mass is 279 g/mol. The standard InChI is InChI=1S/C14H25N5O/c1-10(2)16-6-12-7-17-14(18-8-12)19(5)9-11(3)13(20)15-4/h7-8,10-11,16H,6,9H2,1-5H3,(H,15,20). The van der Waals surface area contributed by atoms with E-state index in [9.17, 15) is 4.79 Å². The van der Waals surface area contributed by atoms with Crippen LogP contribution in [-0.4, -0.2) is 42.6 Å². The molecule has 1 unspecified atom stereocenters. The van der Waals surface area contributed by atoms with Gasteiger partial charge in [0.1, 0.15) is 0 Å². The summed E-state index contributed by atoms with van der Waals surface area (Å²) in [5, 5.41) is 5.96. The zero-order valence-corrected chi connectivity index (χ0v) is 13.0. The van der Waals surface area contributed by atoms with Gasteiger partial charge in [-0.1, -0.05) is 20.8 Å². The topological polar surface area (TPSA) is 70.2 Å². The SMILES string of the molecule is CNC(=O)C(C)CN(C)c1ncc(CNC(C)C)cn1. The molecule has 1 amide bonds. The van der Waals surface area contributed by atoms with Crippen LogP contribution in [0.5, 0.6) is 0 Å². The summed E-state index contributed by atoms with van der Waals surface area (Å²) in [5.74, 6) is 0.555. The van der Waals surface area contributed by atoms with Crippen molar-refractivity contribution in [3.63, 3.8) is 0 Å². The molecule has 0 aliphatic rings. The van der Waals surface area contributed by atoms with Gasteiger partial charge in [-0.15, -0.1) is 0 Å². The molecule has 0 bridgehead atoms. The van der Waals surface area contributed by atoms with Crippen LogP contribution in [0.2, 0.25) is 0 Å². The summed E-state index contributed by atoms with van der Waals surface area (Å²) in [5.41, 5.74) is 1.05. The van der Waals surface area contributed by atoms with Crippen LogP contribution in [0.1, 0.15) is 26.3 Å². The molecule has 0 saturated heterocycles. The third-order valence-corrected chi connectivity index (χ3v) is 2.99. The molecular formula is C14H25N5O. The average Bonchev–Trinajstić information content (AvgIpc) is 2.44. The van der Waals surface area contributed by atoms with E-state index in [0.717, 1.165) is 12.1 Å². The van der Waals surface area contributed by atoms with Gasteiger partial charge in [0.15, 0.2) is 0 Å². The van der Waals surface area contributed by atoms with E-state index in [2.05, 4.69) is 34.4 Å². The third kappa shape index (κ3) is 5.13. The number of amides is 1. The Kier molecular flexibility index (Phi) is 6.38. The Morgan fingerprint density at radius 2 is 1.90 bits per heavy atom. The summed E-state index contributed by atoms with van der Waals surface area (Å²) in [6, 6.07) is 0.436. The summed E-state index contributed by atoms with van der Waals surface area (Å²) in [7, 11) is 3.53. The van der Waals surface area contributed by atoms with E-state index >= 15 is 0 Å². The van der Waals surface area contributed by atoms with Gasteiger partial charge >= 0.3 is 0 Å². The molecule has 0 aliphatic heterocycles. The lowest BCUT2D eigenvalue weighted by atomic mass is 10.1. The Morgan fingerprint density at radius 1 is 1.30 bits per heavy atom. The highest BCUT2D eigenvalue weighted by atomic mass is 16.1. The van der Waals surface area contributed by atoms with Gasteiger partial charge in [0.05, 0.1) is 5.92 Å². The Morgan fingerprint density at radius 3 is 2.40 bits per heavy atom. The van der Waals surface area contributed by atoms with Crippen molar-refractivity contribution in [1.29, 1.82) is 0 Å². The number of nitrogens with one attached hydrogen (secondary N) is 2. The van der Waals surface area contributed by atoms with Crippen LogP contribution >= 0.6 is 0 Å². The predicted octanol–water partition coefficient (Wildman–Crippen LogP) is 0.793. The third-order valence-electron chi connectivity index (χ3n) is 2.99. The van der Waals surface area contributed by atoms with Crippen LogP contribution in [0.15, 0.2) is 12.4 Å². The molecule has 0 fully saturated rings. The van der Waals surface area contributed by atoms with Crippen LogP contribution in [-0.2, 0) is 11.3 Å². The maximum absolute atomic E-state index is 11.5. The number of hydrogen-bond acceptors (Lipinski definition) is 5. The number of anilines is 1. The van der Waals surface area contributed by atoms with E-state index in [1.807, 2.05) is 31.3 Å². The van der Waals surface area contributed by atoms with Gasteiger partial charge < -0.3 is 15.5 Å². The van der Waals surface area contributed by atoms with Gasteiger partial charge in [-0.25, -0.2) is 9.97 Å². The minimum Gasteiger partial charge on any atom is -0.359 e. The van der Waals surface area contributed by atoms with Crippen LogP contribution in [0, 0.1) is 5.92 Å². The van der Waals surface area contributed by atoms with Crippen LogP contribution in [0.25, 0.3) is 0 Å². The van der Waals surface area contributed by atoms with Crippen LogP contribution in [0.4, 0.5) is 5.95 Å². The van der Waals surface area contributed by atoms with Crippen molar-refractivity contribution >= 4 is 11.9 Å². The molecule has 6 heteroatoms. The molecule has 6 nitrogen and oxygen atoms in total. The molecule has 1 aromatic rings. The Bertz CT molecular complexity index is 418. The highest BCUT2D eigenvalue weighted by Crippen LogP contribution is 2.08. The van der Waals surface area contributed by atoms with Crippen molar-refractivity contribution in [2.75, 3.05) is 25.5 Å². The fourth-order valence-electron chi connectivity index (χ4n) is 1.78. The van der Waals surface area contributed by atoms with Crippen molar-refractivity contribution in [3.8, 4) is 0 Å². The normalized spacial score (nSPS) is 12.3. The van der Waals surface area contributed by atoms with Gasteiger partial charge in [-0.05, 0) is 0 Å². The van der Waals surface area contributed by atoms with E-state index < -0.39 is 0 Å². The zero-order chi connectivity index (χ0) is 15.1. The minimum atomic E-state index is -0.101. The lowest BCUT2D eigenvalue weighted by Gasteiger charge is -2.20. The highest BCUT2D eigenvalue weighted by molar-refractivity contribution is 5.78. The molecule has 1 aromatic heterocycles. The van der Waals surface area contributed by atoms with Crippen molar-refractivity contribution in [2.24, 2.45) is 5.92 Å². The minimum absolute atomic E-state index is 0.0228. The number of rotatable bonds is 7. The van der Waals surface area contributed by atoms with Gasteiger partial charge in [-0.2, -0.15) is 0 Å². The first-order chi connectivity index (χ1) is 9.43. The summed E-state index contributed by atoms with van der Waals surface area (Å²) >= 11 is 0. The van der Waals surface area contributed by atoms with E-state index in [4.69, 9.17) is 0 Å². The van der Waals surface area contributed by atoms with Crippen molar-refractivity contribution in [1.82, 2.24) is 20.6 Å². The number of carbonyl (C=O) groups excluding carboxylic acids is 1. The summed E-state index contributed by atoms with van der Waals surface area (Å²) < 4.78 is 0. The number of aromatic nitrogens is 2. The average molecular weight is 279 g/mol. The first-order valence-electron chi connectivity index (χ1n) is 6.91. The number of carbonyl (C=O) groups is 1. The molecule has 0 radical (unpaired) electrons. The molecule has 20 heavy (non-hydrogen) atoms. The lowest BCUT2D eigenvalue weighted by molar-refractivity contribution is -0.123. The maximum atomic E-state index is 11.5. The lowest BCUT2D eigenvalue weighted by Crippen LogP contribution is -2.35. The second-order valence-electron chi connectivity index (χ2n) is 5.32. The predicted molar refractivity (Wildman–Crippen MR) is 80.5 cm³/mol. The summed E-state index contributed by atoms with van der Waals surface area (Å²) in [6.45, 7) is 7.43. The molecule has 1 heterocycles. The zero-order valence-electron chi connectivity index (χ0n) is 13.0. The van der Waals surface area contributed by atoms with Crippen LogP contribution in [0.3, 0.4) is 0 Å². The van der Waals surface area contributed by atoms with Gasteiger partial charge in [0.2, 0.25) is 11.9 Å². The van der Waals surface area contributed by atoms with Gasteiger partial charge in [0, 0.05) is 51.2 Å². The smallest absolute Gasteiger partial charge is 0.225 e. The first kappa shape index (κ1) is 16.4. The highest BCUT2D eigenvalue weighted by Gasteiger charge is 2.15. The first-order valence-corrected chi connectivity index (χ1v) is 6.91. The molecular weight excluding hydrogens is 254 g/mol. The molecule has 1 rings (SSSR count). The maximum Gasteiger partial charge on any atom is 0.225 e. The second-order valence-corrected chi connectivity index (χ2v) is 5.32. The number of nitrogens with zero attached hydrogens (tertiary/aromatic N) is 3. The van der Waals surface area contributed by atoms with E-state index in [1.165, 1.54) is 0 Å². The quantitative estimate of drug-likeness (QED) is 0.772. The van der Waals surface area contributed by atoms with E-state index in [1.54, 1.807) is 7.05 Å². The molecule has 2 N–H and O–H groups in total.